The molecule has 0 fully saturated rings. The van der Waals surface area contributed by atoms with Crippen molar-refractivity contribution in [2.75, 3.05) is 7.11 Å². The van der Waals surface area contributed by atoms with Gasteiger partial charge in [-0.2, -0.15) is 0 Å². The van der Waals surface area contributed by atoms with Crippen LogP contribution in [0.4, 0.5) is 0 Å². The van der Waals surface area contributed by atoms with Crippen molar-refractivity contribution in [2.45, 2.75) is 3.74 Å². The van der Waals surface area contributed by atoms with Gasteiger partial charge < -0.3 is 4.74 Å². The fourth-order valence-corrected chi connectivity index (χ4v) is 2.18. The summed E-state index contributed by atoms with van der Waals surface area (Å²) in [6, 6.07) is 1.61. The summed E-state index contributed by atoms with van der Waals surface area (Å²) in [5, 5.41) is 1.68. The molecule has 1 heterocycles. The average Bonchev–Trinajstić information content (AvgIpc) is 2.63. The van der Waals surface area contributed by atoms with E-state index in [1.54, 1.807) is 11.4 Å². The van der Waals surface area contributed by atoms with Crippen LogP contribution in [0.1, 0.15) is 20.0 Å². The lowest BCUT2D eigenvalue weighted by atomic mass is 10.2. The maximum Gasteiger partial charge on any atom is 0.348 e. The van der Waals surface area contributed by atoms with Gasteiger partial charge in [0.2, 0.25) is 0 Å². The van der Waals surface area contributed by atoms with Crippen LogP contribution in [0.5, 0.6) is 0 Å². The minimum absolute atomic E-state index is 0.188. The lowest BCUT2D eigenvalue weighted by Crippen LogP contribution is -2.11. The molecule has 0 aliphatic carbocycles. The van der Waals surface area contributed by atoms with E-state index in [2.05, 4.69) is 36.6 Å². The number of hydrogen-bond donors (Lipinski definition) is 0. The summed E-state index contributed by atoms with van der Waals surface area (Å²) >= 11 is 7.36. The monoisotopic (exact) mass is 340 g/mol. The zero-order valence-electron chi connectivity index (χ0n) is 7.12. The molecule has 0 saturated heterocycles. The van der Waals surface area contributed by atoms with E-state index in [1.165, 1.54) is 18.4 Å². The highest BCUT2D eigenvalue weighted by molar-refractivity contribution is 9.25. The van der Waals surface area contributed by atoms with Crippen molar-refractivity contribution < 1.29 is 14.3 Å². The Hall–Kier alpha value is -0.200. The maximum atomic E-state index is 11.6. The van der Waals surface area contributed by atoms with E-state index < -0.39 is 9.71 Å². The van der Waals surface area contributed by atoms with Crippen LogP contribution in [-0.4, -0.2) is 22.6 Å². The normalized spacial score (nSPS) is 10.3. The number of esters is 1. The highest BCUT2D eigenvalue weighted by Gasteiger charge is 2.22. The van der Waals surface area contributed by atoms with Crippen molar-refractivity contribution in [3.8, 4) is 0 Å². The Bertz CT molecular complexity index is 359. The molecule has 1 aromatic rings. The molecule has 3 nitrogen and oxygen atoms in total. The van der Waals surface area contributed by atoms with Crippen molar-refractivity contribution in [2.24, 2.45) is 0 Å². The number of thiophene rings is 1. The molecular formula is C8H6Br2O3S. The Morgan fingerprint density at radius 3 is 2.64 bits per heavy atom. The number of carbonyl (C=O) groups is 2. The van der Waals surface area contributed by atoms with Gasteiger partial charge in [0.1, 0.15) is 8.61 Å². The summed E-state index contributed by atoms with van der Waals surface area (Å²) in [6.45, 7) is 0. The molecule has 76 valence electrons. The van der Waals surface area contributed by atoms with E-state index in [0.29, 0.717) is 10.4 Å². The van der Waals surface area contributed by atoms with Crippen LogP contribution < -0.4 is 0 Å². The standard InChI is InChI=1S/C8H6Br2O3S/c1-13-8(12)6-4(2-3-14-6)5(11)7(9)10/h2-3,7H,1H3. The highest BCUT2D eigenvalue weighted by Crippen LogP contribution is 2.23. The van der Waals surface area contributed by atoms with Crippen LogP contribution in [0.25, 0.3) is 0 Å². The summed E-state index contributed by atoms with van der Waals surface area (Å²) in [4.78, 5) is 23.1. The molecule has 0 saturated carbocycles. The zero-order valence-corrected chi connectivity index (χ0v) is 11.1. The second kappa shape index (κ2) is 5.04. The van der Waals surface area contributed by atoms with Crippen LogP contribution in [0.2, 0.25) is 0 Å². The van der Waals surface area contributed by atoms with Crippen LogP contribution in [0.15, 0.2) is 11.4 Å². The maximum absolute atomic E-state index is 11.6. The quantitative estimate of drug-likeness (QED) is 0.482. The molecule has 1 aromatic heterocycles. The predicted molar refractivity (Wildman–Crippen MR) is 61.6 cm³/mol. The van der Waals surface area contributed by atoms with E-state index >= 15 is 0 Å². The lowest BCUT2D eigenvalue weighted by molar-refractivity contribution is 0.0603. The number of alkyl halides is 2. The van der Waals surface area contributed by atoms with Gasteiger partial charge >= 0.3 is 5.97 Å². The molecule has 0 aliphatic heterocycles. The zero-order chi connectivity index (χ0) is 10.7. The fraction of sp³-hybridized carbons (Fsp3) is 0.250. The smallest absolute Gasteiger partial charge is 0.348 e. The molecule has 0 amide bonds. The molecular weight excluding hydrogens is 336 g/mol. The van der Waals surface area contributed by atoms with E-state index in [-0.39, 0.29) is 5.78 Å². The van der Waals surface area contributed by atoms with Gasteiger partial charge in [-0.05, 0) is 11.4 Å². The number of carbonyl (C=O) groups excluding carboxylic acids is 2. The Labute approximate surface area is 102 Å². The topological polar surface area (TPSA) is 43.4 Å². The Balaban J connectivity index is 3.04. The van der Waals surface area contributed by atoms with Gasteiger partial charge in [-0.3, -0.25) is 4.79 Å². The highest BCUT2D eigenvalue weighted by atomic mass is 79.9. The fourth-order valence-electron chi connectivity index (χ4n) is 0.872. The number of ether oxygens (including phenoxy) is 1. The van der Waals surface area contributed by atoms with Gasteiger partial charge in [0.25, 0.3) is 0 Å². The van der Waals surface area contributed by atoms with Crippen molar-refractivity contribution in [1.29, 1.82) is 0 Å². The molecule has 0 unspecified atom stereocenters. The molecule has 0 atom stereocenters. The second-order valence-corrected chi connectivity index (χ2v) is 6.30. The molecule has 0 radical (unpaired) electrons. The number of ketones is 1. The molecule has 1 rings (SSSR count). The van der Waals surface area contributed by atoms with Gasteiger partial charge in [0.15, 0.2) is 5.78 Å². The van der Waals surface area contributed by atoms with Gasteiger partial charge in [0, 0.05) is 5.56 Å². The SMILES string of the molecule is COC(=O)c1sccc1C(=O)C(Br)Br. The summed E-state index contributed by atoms with van der Waals surface area (Å²) in [5.74, 6) is -0.671. The van der Waals surface area contributed by atoms with Crippen molar-refractivity contribution in [3.05, 3.63) is 21.9 Å². The van der Waals surface area contributed by atoms with E-state index in [0.717, 1.165) is 0 Å². The molecule has 14 heavy (non-hydrogen) atoms. The lowest BCUT2D eigenvalue weighted by Gasteiger charge is -2.01. The third-order valence-electron chi connectivity index (χ3n) is 1.50. The first-order chi connectivity index (χ1) is 6.57. The van der Waals surface area contributed by atoms with E-state index in [4.69, 9.17) is 0 Å². The Kier molecular flexibility index (Phi) is 4.28. The summed E-state index contributed by atoms with van der Waals surface area (Å²) in [6.07, 6.45) is 0. The van der Waals surface area contributed by atoms with E-state index in [9.17, 15) is 9.59 Å². The van der Waals surface area contributed by atoms with Gasteiger partial charge in [-0.1, -0.05) is 31.9 Å². The Morgan fingerprint density at radius 1 is 1.50 bits per heavy atom. The van der Waals surface area contributed by atoms with Crippen LogP contribution >= 0.6 is 43.2 Å². The molecule has 0 spiro atoms. The minimum atomic E-state index is -0.482. The number of hydrogen-bond acceptors (Lipinski definition) is 4. The number of methoxy groups -OCH3 is 1. The molecule has 0 aromatic carbocycles. The van der Waals surface area contributed by atoms with Crippen LogP contribution in [0, 0.1) is 0 Å². The third-order valence-corrected chi connectivity index (χ3v) is 3.23. The number of Topliss-reactive ketones (excluding diaryl/α,β-unsaturated/α-hetero) is 1. The Morgan fingerprint density at radius 2 is 2.14 bits per heavy atom. The van der Waals surface area contributed by atoms with Crippen molar-refractivity contribution >= 4 is 54.9 Å². The van der Waals surface area contributed by atoms with E-state index in [1.807, 2.05) is 0 Å². The molecule has 0 N–H and O–H groups in total. The number of rotatable bonds is 3. The third kappa shape index (κ3) is 2.43. The van der Waals surface area contributed by atoms with Gasteiger partial charge in [-0.15, -0.1) is 11.3 Å². The minimum Gasteiger partial charge on any atom is -0.465 e. The largest absolute Gasteiger partial charge is 0.465 e. The van der Waals surface area contributed by atoms with Crippen molar-refractivity contribution in [1.82, 2.24) is 0 Å². The molecule has 6 heteroatoms. The summed E-state index contributed by atoms with van der Waals surface area (Å²) in [5.41, 5.74) is 0.376. The first-order valence-electron chi connectivity index (χ1n) is 3.56. The second-order valence-electron chi connectivity index (χ2n) is 2.32. The summed E-state index contributed by atoms with van der Waals surface area (Å²) < 4.78 is 4.08. The predicted octanol–water partition coefficient (Wildman–Crippen LogP) is 2.83. The molecule has 0 bridgehead atoms. The van der Waals surface area contributed by atoms with Gasteiger partial charge in [0.05, 0.1) is 7.11 Å². The van der Waals surface area contributed by atoms with Gasteiger partial charge in [-0.25, -0.2) is 4.79 Å². The average molecular weight is 342 g/mol. The number of halogens is 2. The van der Waals surface area contributed by atoms with Crippen LogP contribution in [-0.2, 0) is 4.74 Å². The van der Waals surface area contributed by atoms with Crippen LogP contribution in [0.3, 0.4) is 0 Å². The summed E-state index contributed by atoms with van der Waals surface area (Å²) in [7, 11) is 1.29. The first-order valence-corrected chi connectivity index (χ1v) is 6.27. The first kappa shape index (κ1) is 11.9. The molecule has 0 aliphatic rings. The van der Waals surface area contributed by atoms with Crippen molar-refractivity contribution in [3.63, 3.8) is 0 Å².